The molecule has 0 bridgehead atoms. The first-order valence-corrected chi connectivity index (χ1v) is 6.49. The van der Waals surface area contributed by atoms with E-state index in [2.05, 4.69) is 18.1 Å². The number of nitrogens with zero attached hydrogens (tertiary/aromatic N) is 2. The highest BCUT2D eigenvalue weighted by atomic mass is 16.1. The predicted octanol–water partition coefficient (Wildman–Crippen LogP) is 2.12. The third-order valence-electron chi connectivity index (χ3n) is 3.17. The van der Waals surface area contributed by atoms with Crippen molar-refractivity contribution in [3.05, 3.63) is 57.5 Å². The fourth-order valence-electron chi connectivity index (χ4n) is 2.14. The quantitative estimate of drug-likeness (QED) is 0.916. The Hall–Kier alpha value is -1.94. The minimum Gasteiger partial charge on any atom is -0.323 e. The van der Waals surface area contributed by atoms with E-state index in [1.807, 2.05) is 25.1 Å². The molecular weight excluding hydrogens is 238 g/mol. The maximum atomic E-state index is 11.9. The summed E-state index contributed by atoms with van der Waals surface area (Å²) in [7, 11) is 0. The van der Waals surface area contributed by atoms with Crippen molar-refractivity contribution in [2.75, 3.05) is 0 Å². The van der Waals surface area contributed by atoms with Crippen LogP contribution in [0.1, 0.15) is 36.8 Å². The van der Waals surface area contributed by atoms with E-state index in [1.165, 1.54) is 5.56 Å². The standard InChI is InChI=1S/C15H19N3O/c1-4-12-7-5-6-8-13(12)18-10(2)9-14(19)15(17-18)11(3)16/h5-9,11H,4,16H2,1-3H3. The number of aromatic nitrogens is 2. The summed E-state index contributed by atoms with van der Waals surface area (Å²) >= 11 is 0. The van der Waals surface area contributed by atoms with Gasteiger partial charge in [-0.15, -0.1) is 0 Å². The molecular formula is C15H19N3O. The van der Waals surface area contributed by atoms with Crippen LogP contribution >= 0.6 is 0 Å². The largest absolute Gasteiger partial charge is 0.323 e. The highest BCUT2D eigenvalue weighted by molar-refractivity contribution is 5.41. The Labute approximate surface area is 112 Å². The molecule has 0 saturated carbocycles. The second-order valence-corrected chi connectivity index (χ2v) is 4.72. The molecule has 19 heavy (non-hydrogen) atoms. The van der Waals surface area contributed by atoms with E-state index in [-0.39, 0.29) is 11.5 Å². The average Bonchev–Trinajstić information content (AvgIpc) is 2.38. The van der Waals surface area contributed by atoms with Crippen LogP contribution in [0.4, 0.5) is 0 Å². The molecule has 0 aliphatic heterocycles. The lowest BCUT2D eigenvalue weighted by molar-refractivity contribution is 0.684. The van der Waals surface area contributed by atoms with Crippen LogP contribution in [0, 0.1) is 6.92 Å². The van der Waals surface area contributed by atoms with Crippen LogP contribution in [0.2, 0.25) is 0 Å². The van der Waals surface area contributed by atoms with Gasteiger partial charge in [-0.05, 0) is 31.9 Å². The van der Waals surface area contributed by atoms with Crippen molar-refractivity contribution in [1.82, 2.24) is 9.78 Å². The number of nitrogens with two attached hydrogens (primary N) is 1. The zero-order valence-electron chi connectivity index (χ0n) is 11.6. The van der Waals surface area contributed by atoms with Gasteiger partial charge < -0.3 is 5.73 Å². The average molecular weight is 257 g/mol. The second-order valence-electron chi connectivity index (χ2n) is 4.72. The highest BCUT2D eigenvalue weighted by Gasteiger charge is 2.12. The molecule has 100 valence electrons. The zero-order chi connectivity index (χ0) is 14.0. The summed E-state index contributed by atoms with van der Waals surface area (Å²) in [4.78, 5) is 11.9. The summed E-state index contributed by atoms with van der Waals surface area (Å²) in [5.74, 6) is 0. The lowest BCUT2D eigenvalue weighted by Crippen LogP contribution is -2.24. The highest BCUT2D eigenvalue weighted by Crippen LogP contribution is 2.16. The molecule has 4 nitrogen and oxygen atoms in total. The number of hydrogen-bond donors (Lipinski definition) is 1. The summed E-state index contributed by atoms with van der Waals surface area (Å²) in [5, 5.41) is 4.43. The van der Waals surface area contributed by atoms with Gasteiger partial charge in [-0.3, -0.25) is 4.79 Å². The molecule has 1 aromatic carbocycles. The van der Waals surface area contributed by atoms with E-state index < -0.39 is 0 Å². The van der Waals surface area contributed by atoms with Crippen molar-refractivity contribution in [3.8, 4) is 5.69 Å². The van der Waals surface area contributed by atoms with Gasteiger partial charge in [0.25, 0.3) is 0 Å². The smallest absolute Gasteiger partial charge is 0.205 e. The number of rotatable bonds is 3. The normalized spacial score (nSPS) is 12.4. The van der Waals surface area contributed by atoms with Crippen molar-refractivity contribution < 1.29 is 0 Å². The number of aryl methyl sites for hydroxylation is 2. The molecule has 2 N–H and O–H groups in total. The second kappa shape index (κ2) is 5.36. The minimum atomic E-state index is -0.367. The van der Waals surface area contributed by atoms with E-state index in [1.54, 1.807) is 17.7 Å². The molecule has 2 rings (SSSR count). The zero-order valence-corrected chi connectivity index (χ0v) is 11.6. The van der Waals surface area contributed by atoms with E-state index in [9.17, 15) is 4.79 Å². The monoisotopic (exact) mass is 257 g/mol. The summed E-state index contributed by atoms with van der Waals surface area (Å²) < 4.78 is 1.80. The molecule has 4 heteroatoms. The van der Waals surface area contributed by atoms with Crippen molar-refractivity contribution in [1.29, 1.82) is 0 Å². The summed E-state index contributed by atoms with van der Waals surface area (Å²) in [6, 6.07) is 9.28. The van der Waals surface area contributed by atoms with Crippen LogP contribution in [0.15, 0.2) is 35.1 Å². The fourth-order valence-corrected chi connectivity index (χ4v) is 2.14. The van der Waals surface area contributed by atoms with E-state index in [4.69, 9.17) is 5.73 Å². The molecule has 0 spiro atoms. The Morgan fingerprint density at radius 3 is 2.68 bits per heavy atom. The first kappa shape index (κ1) is 13.5. The van der Waals surface area contributed by atoms with Gasteiger partial charge in [0.15, 0.2) is 0 Å². The van der Waals surface area contributed by atoms with Crippen LogP contribution in [0.5, 0.6) is 0 Å². The van der Waals surface area contributed by atoms with Gasteiger partial charge >= 0.3 is 0 Å². The Morgan fingerprint density at radius 2 is 2.05 bits per heavy atom. The van der Waals surface area contributed by atoms with E-state index in [0.717, 1.165) is 17.8 Å². The van der Waals surface area contributed by atoms with Crippen LogP contribution in [-0.2, 0) is 6.42 Å². The van der Waals surface area contributed by atoms with Crippen LogP contribution in [-0.4, -0.2) is 9.78 Å². The molecule has 0 radical (unpaired) electrons. The van der Waals surface area contributed by atoms with Gasteiger partial charge in [0.1, 0.15) is 5.69 Å². The third kappa shape index (κ3) is 2.58. The van der Waals surface area contributed by atoms with Crippen molar-refractivity contribution in [2.45, 2.75) is 33.2 Å². The molecule has 1 heterocycles. The topological polar surface area (TPSA) is 60.9 Å². The van der Waals surface area contributed by atoms with Gasteiger partial charge in [0.05, 0.1) is 5.69 Å². The van der Waals surface area contributed by atoms with Crippen molar-refractivity contribution >= 4 is 0 Å². The maximum Gasteiger partial charge on any atom is 0.205 e. The van der Waals surface area contributed by atoms with E-state index >= 15 is 0 Å². The molecule has 0 fully saturated rings. The number of para-hydroxylation sites is 1. The Kier molecular flexibility index (Phi) is 3.81. The first-order chi connectivity index (χ1) is 9.04. The summed E-state index contributed by atoms with van der Waals surface area (Å²) in [5.41, 5.74) is 9.12. The lowest BCUT2D eigenvalue weighted by atomic mass is 10.1. The Bertz CT molecular complexity index is 644. The van der Waals surface area contributed by atoms with Crippen LogP contribution in [0.25, 0.3) is 5.69 Å². The molecule has 0 aliphatic carbocycles. The molecule has 2 aromatic rings. The van der Waals surface area contributed by atoms with Gasteiger partial charge in [-0.1, -0.05) is 25.1 Å². The SMILES string of the molecule is CCc1ccccc1-n1nc(C(C)N)c(=O)cc1C. The predicted molar refractivity (Wildman–Crippen MR) is 76.6 cm³/mol. The molecule has 0 aliphatic rings. The Morgan fingerprint density at radius 1 is 1.37 bits per heavy atom. The summed E-state index contributed by atoms with van der Waals surface area (Å²) in [6.45, 7) is 5.75. The molecule has 0 amide bonds. The lowest BCUT2D eigenvalue weighted by Gasteiger charge is -2.15. The third-order valence-corrected chi connectivity index (χ3v) is 3.17. The van der Waals surface area contributed by atoms with Crippen molar-refractivity contribution in [2.24, 2.45) is 5.73 Å². The number of benzene rings is 1. The fraction of sp³-hybridized carbons (Fsp3) is 0.333. The van der Waals surface area contributed by atoms with Crippen molar-refractivity contribution in [3.63, 3.8) is 0 Å². The maximum absolute atomic E-state index is 11.9. The summed E-state index contributed by atoms with van der Waals surface area (Å²) in [6.07, 6.45) is 0.914. The first-order valence-electron chi connectivity index (χ1n) is 6.49. The van der Waals surface area contributed by atoms with Crippen LogP contribution in [0.3, 0.4) is 0 Å². The molecule has 1 unspecified atom stereocenters. The van der Waals surface area contributed by atoms with E-state index in [0.29, 0.717) is 5.69 Å². The molecule has 1 aromatic heterocycles. The molecule has 1 atom stereocenters. The minimum absolute atomic E-state index is 0.0993. The van der Waals surface area contributed by atoms with Crippen LogP contribution < -0.4 is 11.2 Å². The Balaban J connectivity index is 2.68. The van der Waals surface area contributed by atoms with Gasteiger partial charge in [0.2, 0.25) is 5.43 Å². The number of hydrogen-bond acceptors (Lipinski definition) is 3. The van der Waals surface area contributed by atoms with Gasteiger partial charge in [-0.25, -0.2) is 4.68 Å². The van der Waals surface area contributed by atoms with Gasteiger partial charge in [0, 0.05) is 17.8 Å². The van der Waals surface area contributed by atoms with Gasteiger partial charge in [-0.2, -0.15) is 5.10 Å². The molecule has 0 saturated heterocycles.